The van der Waals surface area contributed by atoms with E-state index in [1.807, 2.05) is 18.2 Å². The van der Waals surface area contributed by atoms with Gasteiger partial charge in [0.05, 0.1) is 11.4 Å². The fourth-order valence-corrected chi connectivity index (χ4v) is 2.27. The minimum Gasteiger partial charge on any atom is -0.297 e. The molecule has 3 rings (SSSR count). The fourth-order valence-electron chi connectivity index (χ4n) is 2.27. The summed E-state index contributed by atoms with van der Waals surface area (Å²) in [5, 5.41) is 0. The maximum Gasteiger partial charge on any atom is 0.148 e. The first-order valence-electron chi connectivity index (χ1n) is 6.75. The molecule has 2 aromatic rings. The average Bonchev–Trinajstić information content (AvgIpc) is 2.68. The molecule has 0 fully saturated rings. The van der Waals surface area contributed by atoms with Crippen molar-refractivity contribution in [3.8, 4) is 0 Å². The van der Waals surface area contributed by atoms with E-state index in [0.29, 0.717) is 5.69 Å². The number of aryl methyl sites for hydroxylation is 1. The number of hydrazine groups is 1. The molecule has 1 aliphatic heterocycles. The van der Waals surface area contributed by atoms with Crippen LogP contribution in [0, 0.1) is 5.82 Å². The Kier molecular flexibility index (Phi) is 3.63. The van der Waals surface area contributed by atoms with Gasteiger partial charge in [-0.15, -0.1) is 0 Å². The summed E-state index contributed by atoms with van der Waals surface area (Å²) in [7, 11) is 0. The molecule has 4 heteroatoms. The average molecular weight is 269 g/mol. The highest BCUT2D eigenvalue weighted by Gasteiger charge is 2.09. The van der Waals surface area contributed by atoms with Crippen LogP contribution >= 0.6 is 0 Å². The van der Waals surface area contributed by atoms with Crippen molar-refractivity contribution >= 4 is 17.2 Å². The molecule has 3 nitrogen and oxygen atoms in total. The van der Waals surface area contributed by atoms with Crippen molar-refractivity contribution in [1.29, 1.82) is 0 Å². The predicted molar refractivity (Wildman–Crippen MR) is 79.6 cm³/mol. The zero-order chi connectivity index (χ0) is 13.8. The van der Waals surface area contributed by atoms with Crippen LogP contribution in [0.15, 0.2) is 53.5 Å². The molecule has 0 spiro atoms. The summed E-state index contributed by atoms with van der Waals surface area (Å²) < 4.78 is 13.5. The minimum absolute atomic E-state index is 0.283. The van der Waals surface area contributed by atoms with Crippen LogP contribution in [0.2, 0.25) is 0 Å². The number of benzene rings is 2. The summed E-state index contributed by atoms with van der Waals surface area (Å²) in [5.41, 5.74) is 8.58. The topological polar surface area (TPSA) is 36.4 Å². The molecule has 0 unspecified atom stereocenters. The second kappa shape index (κ2) is 5.74. The van der Waals surface area contributed by atoms with Crippen LogP contribution in [-0.4, -0.2) is 5.84 Å². The molecule has 2 N–H and O–H groups in total. The van der Waals surface area contributed by atoms with Crippen molar-refractivity contribution in [3.05, 3.63) is 59.9 Å². The van der Waals surface area contributed by atoms with Gasteiger partial charge in [-0.25, -0.2) is 9.38 Å². The molecule has 0 aliphatic carbocycles. The lowest BCUT2D eigenvalue weighted by Crippen LogP contribution is -2.29. The van der Waals surface area contributed by atoms with Crippen LogP contribution in [0.25, 0.3) is 0 Å². The molecule has 102 valence electrons. The van der Waals surface area contributed by atoms with Crippen LogP contribution in [0.4, 0.5) is 15.8 Å². The van der Waals surface area contributed by atoms with Crippen LogP contribution in [0.1, 0.15) is 18.4 Å². The van der Waals surface area contributed by atoms with Crippen molar-refractivity contribution in [3.63, 3.8) is 0 Å². The van der Waals surface area contributed by atoms with Crippen molar-refractivity contribution in [2.75, 3.05) is 5.43 Å². The number of amidine groups is 1. The van der Waals surface area contributed by atoms with Gasteiger partial charge in [0.25, 0.3) is 0 Å². The Morgan fingerprint density at radius 1 is 0.900 bits per heavy atom. The standard InChI is InChI=1S/C16H16FN3/c17-13-8-2-4-10-15(13)19-20-16-11-5-7-12-6-1-3-9-14(12)18-16/h1-4,6,8-10,19H,5,7,11H2,(H,18,20). The summed E-state index contributed by atoms with van der Waals surface area (Å²) in [6.07, 6.45) is 2.89. The molecule has 2 aromatic carbocycles. The van der Waals surface area contributed by atoms with Gasteiger partial charge in [0, 0.05) is 6.42 Å². The van der Waals surface area contributed by atoms with Gasteiger partial charge in [-0.05, 0) is 36.6 Å². The zero-order valence-electron chi connectivity index (χ0n) is 11.1. The summed E-state index contributed by atoms with van der Waals surface area (Å²) in [4.78, 5) is 4.60. The third-order valence-corrected chi connectivity index (χ3v) is 3.32. The van der Waals surface area contributed by atoms with Gasteiger partial charge < -0.3 is 0 Å². The summed E-state index contributed by atoms with van der Waals surface area (Å²) in [5.74, 6) is 0.549. The summed E-state index contributed by atoms with van der Waals surface area (Å²) >= 11 is 0. The minimum atomic E-state index is -0.283. The number of halogens is 1. The van der Waals surface area contributed by atoms with Gasteiger partial charge in [-0.3, -0.25) is 10.9 Å². The molecule has 0 radical (unpaired) electrons. The highest BCUT2D eigenvalue weighted by Crippen LogP contribution is 2.24. The van der Waals surface area contributed by atoms with Crippen molar-refractivity contribution in [2.24, 2.45) is 4.99 Å². The lowest BCUT2D eigenvalue weighted by atomic mass is 10.1. The number of fused-ring (bicyclic) bond motifs is 1. The van der Waals surface area contributed by atoms with E-state index >= 15 is 0 Å². The van der Waals surface area contributed by atoms with Gasteiger partial charge >= 0.3 is 0 Å². The third kappa shape index (κ3) is 2.79. The Bertz CT molecular complexity index is 637. The van der Waals surface area contributed by atoms with E-state index in [1.54, 1.807) is 18.2 Å². The van der Waals surface area contributed by atoms with Gasteiger partial charge in [0.1, 0.15) is 11.7 Å². The lowest BCUT2D eigenvalue weighted by molar-refractivity contribution is 0.629. The molecule has 0 bridgehead atoms. The molecule has 0 aromatic heterocycles. The zero-order valence-corrected chi connectivity index (χ0v) is 11.1. The van der Waals surface area contributed by atoms with Crippen molar-refractivity contribution in [1.82, 2.24) is 5.43 Å². The first kappa shape index (κ1) is 12.7. The second-order valence-electron chi connectivity index (χ2n) is 4.77. The van der Waals surface area contributed by atoms with E-state index in [9.17, 15) is 4.39 Å². The number of hydrogen-bond acceptors (Lipinski definition) is 3. The number of hydrogen-bond donors (Lipinski definition) is 2. The maximum atomic E-state index is 13.5. The number of nitrogens with one attached hydrogen (secondary N) is 2. The summed E-state index contributed by atoms with van der Waals surface area (Å²) in [6.45, 7) is 0. The largest absolute Gasteiger partial charge is 0.297 e. The maximum absolute atomic E-state index is 13.5. The number of anilines is 1. The molecule has 1 heterocycles. The van der Waals surface area contributed by atoms with E-state index in [1.165, 1.54) is 11.6 Å². The van der Waals surface area contributed by atoms with Crippen LogP contribution in [0.3, 0.4) is 0 Å². The highest BCUT2D eigenvalue weighted by atomic mass is 19.1. The molecule has 0 saturated heterocycles. The smallest absolute Gasteiger partial charge is 0.148 e. The number of rotatable bonds is 2. The molecule has 0 atom stereocenters. The molecule has 0 amide bonds. The van der Waals surface area contributed by atoms with Crippen LogP contribution in [-0.2, 0) is 6.42 Å². The first-order chi connectivity index (χ1) is 9.83. The quantitative estimate of drug-likeness (QED) is 0.813. The van der Waals surface area contributed by atoms with E-state index < -0.39 is 0 Å². The Morgan fingerprint density at radius 2 is 1.70 bits per heavy atom. The normalized spacial score (nSPS) is 13.9. The Morgan fingerprint density at radius 3 is 2.60 bits per heavy atom. The highest BCUT2D eigenvalue weighted by molar-refractivity contribution is 5.86. The molecule has 1 aliphatic rings. The van der Waals surface area contributed by atoms with Crippen LogP contribution in [0.5, 0.6) is 0 Å². The molecule has 0 saturated carbocycles. The number of para-hydroxylation sites is 2. The first-order valence-corrected chi connectivity index (χ1v) is 6.75. The van der Waals surface area contributed by atoms with Gasteiger partial charge in [0.15, 0.2) is 0 Å². The SMILES string of the molecule is Fc1ccccc1NNC1=Nc2ccccc2CCC1. The van der Waals surface area contributed by atoms with Crippen molar-refractivity contribution in [2.45, 2.75) is 19.3 Å². The number of aliphatic imine (C=N–C) groups is 1. The Hall–Kier alpha value is -2.36. The third-order valence-electron chi connectivity index (χ3n) is 3.32. The van der Waals surface area contributed by atoms with Gasteiger partial charge in [-0.1, -0.05) is 30.3 Å². The lowest BCUT2D eigenvalue weighted by Gasteiger charge is -2.11. The number of nitrogens with zero attached hydrogens (tertiary/aromatic N) is 1. The van der Waals surface area contributed by atoms with Crippen molar-refractivity contribution < 1.29 is 4.39 Å². The van der Waals surface area contributed by atoms with Gasteiger partial charge in [0.2, 0.25) is 0 Å². The fraction of sp³-hybridized carbons (Fsp3) is 0.188. The predicted octanol–water partition coefficient (Wildman–Crippen LogP) is 3.81. The summed E-state index contributed by atoms with van der Waals surface area (Å²) in [6, 6.07) is 14.7. The second-order valence-corrected chi connectivity index (χ2v) is 4.77. The van der Waals surface area contributed by atoms with E-state index in [-0.39, 0.29) is 5.82 Å². The molecular weight excluding hydrogens is 253 g/mol. The van der Waals surface area contributed by atoms with E-state index in [0.717, 1.165) is 30.8 Å². The van der Waals surface area contributed by atoms with E-state index in [2.05, 4.69) is 21.9 Å². The molecule has 20 heavy (non-hydrogen) atoms. The van der Waals surface area contributed by atoms with E-state index in [4.69, 9.17) is 0 Å². The Balaban J connectivity index is 1.75. The van der Waals surface area contributed by atoms with Gasteiger partial charge in [-0.2, -0.15) is 0 Å². The molecular formula is C16H16FN3. The monoisotopic (exact) mass is 269 g/mol. The van der Waals surface area contributed by atoms with Crippen LogP contribution < -0.4 is 10.9 Å². The Labute approximate surface area is 117 Å².